The average molecular weight is 415 g/mol. The summed E-state index contributed by atoms with van der Waals surface area (Å²) in [6, 6.07) is 21.2. The Balaban J connectivity index is 1.49. The molecule has 0 aliphatic carbocycles. The van der Waals surface area contributed by atoms with Gasteiger partial charge in [-0.1, -0.05) is 42.5 Å². The van der Waals surface area contributed by atoms with Crippen LogP contribution in [-0.2, 0) is 13.1 Å². The Labute approximate surface area is 177 Å². The summed E-state index contributed by atoms with van der Waals surface area (Å²) in [6.07, 6.45) is 0. The molecule has 7 nitrogen and oxygen atoms in total. The van der Waals surface area contributed by atoms with Crippen LogP contribution in [0.15, 0.2) is 82.4 Å². The lowest BCUT2D eigenvalue weighted by atomic mass is 10.1. The van der Waals surface area contributed by atoms with Gasteiger partial charge in [-0.05, 0) is 35.9 Å². The SMILES string of the molecule is COc1ccccc1CNC(=O)c1ccc(Cn2c(=O)[nH]c3ccccc3c2=O)cc1. The number of aromatic amines is 1. The molecule has 3 aromatic carbocycles. The number of H-pyrrole nitrogens is 1. The topological polar surface area (TPSA) is 93.2 Å². The monoisotopic (exact) mass is 415 g/mol. The second kappa shape index (κ2) is 8.71. The molecule has 31 heavy (non-hydrogen) atoms. The first kappa shape index (κ1) is 20.2. The Morgan fingerprint density at radius 2 is 1.68 bits per heavy atom. The molecule has 0 atom stereocenters. The zero-order valence-corrected chi connectivity index (χ0v) is 16.9. The Hall–Kier alpha value is -4.13. The molecule has 1 heterocycles. The standard InChI is InChI=1S/C24H21N3O4/c1-31-21-9-5-2-6-18(21)14-25-22(28)17-12-10-16(11-13-17)15-27-23(29)19-7-3-4-8-20(19)26-24(27)30/h2-13H,14-15H2,1H3,(H,25,28)(H,26,30). The zero-order valence-electron chi connectivity index (χ0n) is 16.9. The van der Waals surface area contributed by atoms with Gasteiger partial charge in [0.25, 0.3) is 11.5 Å². The quantitative estimate of drug-likeness (QED) is 0.506. The van der Waals surface area contributed by atoms with E-state index in [-0.39, 0.29) is 18.0 Å². The normalized spacial score (nSPS) is 10.7. The molecule has 156 valence electrons. The van der Waals surface area contributed by atoms with E-state index in [1.807, 2.05) is 24.3 Å². The largest absolute Gasteiger partial charge is 0.496 e. The van der Waals surface area contributed by atoms with E-state index >= 15 is 0 Å². The lowest BCUT2D eigenvalue weighted by Crippen LogP contribution is -2.35. The predicted octanol–water partition coefficient (Wildman–Crippen LogP) is 2.68. The summed E-state index contributed by atoms with van der Waals surface area (Å²) in [5.41, 5.74) is 1.79. The summed E-state index contributed by atoms with van der Waals surface area (Å²) >= 11 is 0. The molecule has 1 aromatic heterocycles. The lowest BCUT2D eigenvalue weighted by molar-refractivity contribution is 0.0950. The molecule has 0 saturated carbocycles. The summed E-state index contributed by atoms with van der Waals surface area (Å²) in [6.45, 7) is 0.453. The Morgan fingerprint density at radius 3 is 2.45 bits per heavy atom. The zero-order chi connectivity index (χ0) is 21.8. The summed E-state index contributed by atoms with van der Waals surface area (Å²) in [4.78, 5) is 40.2. The van der Waals surface area contributed by atoms with E-state index in [2.05, 4.69) is 10.3 Å². The minimum absolute atomic E-state index is 0.113. The number of rotatable bonds is 6. The van der Waals surface area contributed by atoms with Crippen LogP contribution in [0.2, 0.25) is 0 Å². The van der Waals surface area contributed by atoms with Gasteiger partial charge in [0, 0.05) is 17.7 Å². The van der Waals surface area contributed by atoms with Gasteiger partial charge in [0.1, 0.15) is 5.75 Å². The van der Waals surface area contributed by atoms with E-state index in [4.69, 9.17) is 4.74 Å². The molecule has 0 unspecified atom stereocenters. The van der Waals surface area contributed by atoms with Gasteiger partial charge in [-0.15, -0.1) is 0 Å². The number of aromatic nitrogens is 2. The maximum atomic E-state index is 12.7. The number of fused-ring (bicyclic) bond motifs is 1. The van der Waals surface area contributed by atoms with Crippen LogP contribution >= 0.6 is 0 Å². The highest BCUT2D eigenvalue weighted by Gasteiger charge is 2.10. The van der Waals surface area contributed by atoms with Crippen molar-refractivity contribution in [1.29, 1.82) is 0 Å². The number of ether oxygens (including phenoxy) is 1. The van der Waals surface area contributed by atoms with E-state index in [1.165, 1.54) is 0 Å². The molecule has 0 spiro atoms. The van der Waals surface area contributed by atoms with Crippen molar-refractivity contribution in [2.75, 3.05) is 7.11 Å². The van der Waals surface area contributed by atoms with E-state index in [0.717, 1.165) is 15.7 Å². The number of carbonyl (C=O) groups excluding carboxylic acids is 1. The van der Waals surface area contributed by atoms with Crippen LogP contribution in [0.5, 0.6) is 5.75 Å². The number of nitrogens with one attached hydrogen (secondary N) is 2. The van der Waals surface area contributed by atoms with Gasteiger partial charge in [0.05, 0.1) is 24.6 Å². The summed E-state index contributed by atoms with van der Waals surface area (Å²) in [7, 11) is 1.59. The number of para-hydroxylation sites is 2. The number of nitrogens with zero attached hydrogens (tertiary/aromatic N) is 1. The maximum Gasteiger partial charge on any atom is 0.329 e. The van der Waals surface area contributed by atoms with Crippen LogP contribution in [0.25, 0.3) is 10.9 Å². The Morgan fingerprint density at radius 1 is 0.968 bits per heavy atom. The first-order chi connectivity index (χ1) is 15.1. The smallest absolute Gasteiger partial charge is 0.329 e. The molecular formula is C24H21N3O4. The Kier molecular flexibility index (Phi) is 5.66. The highest BCUT2D eigenvalue weighted by Crippen LogP contribution is 2.17. The molecule has 2 N–H and O–H groups in total. The first-order valence-corrected chi connectivity index (χ1v) is 9.77. The molecule has 0 aliphatic heterocycles. The molecule has 0 aliphatic rings. The van der Waals surface area contributed by atoms with Crippen molar-refractivity contribution in [3.8, 4) is 5.75 Å². The Bertz CT molecular complexity index is 1350. The number of methoxy groups -OCH3 is 1. The van der Waals surface area contributed by atoms with Crippen LogP contribution in [-0.4, -0.2) is 22.6 Å². The second-order valence-corrected chi connectivity index (χ2v) is 7.06. The van der Waals surface area contributed by atoms with E-state index in [9.17, 15) is 14.4 Å². The summed E-state index contributed by atoms with van der Waals surface area (Å²) < 4.78 is 6.45. The molecule has 4 aromatic rings. The fourth-order valence-corrected chi connectivity index (χ4v) is 3.41. The van der Waals surface area contributed by atoms with Crippen LogP contribution in [0, 0.1) is 0 Å². The highest BCUT2D eigenvalue weighted by molar-refractivity contribution is 5.94. The van der Waals surface area contributed by atoms with E-state index in [1.54, 1.807) is 55.6 Å². The third kappa shape index (κ3) is 4.25. The molecular weight excluding hydrogens is 394 g/mol. The summed E-state index contributed by atoms with van der Waals surface area (Å²) in [5.74, 6) is 0.488. The molecule has 0 bridgehead atoms. The van der Waals surface area contributed by atoms with Crippen molar-refractivity contribution in [1.82, 2.24) is 14.9 Å². The molecule has 0 fully saturated rings. The van der Waals surface area contributed by atoms with Crippen LogP contribution in [0.3, 0.4) is 0 Å². The number of carbonyl (C=O) groups is 1. The van der Waals surface area contributed by atoms with Crippen molar-refractivity contribution >= 4 is 16.8 Å². The fourth-order valence-electron chi connectivity index (χ4n) is 3.41. The predicted molar refractivity (Wildman–Crippen MR) is 119 cm³/mol. The van der Waals surface area contributed by atoms with Crippen molar-refractivity contribution in [3.63, 3.8) is 0 Å². The molecule has 4 rings (SSSR count). The number of benzene rings is 3. The minimum atomic E-state index is -0.470. The van der Waals surface area contributed by atoms with E-state index < -0.39 is 5.69 Å². The number of hydrogen-bond donors (Lipinski definition) is 2. The van der Waals surface area contributed by atoms with Gasteiger partial charge in [-0.2, -0.15) is 0 Å². The van der Waals surface area contributed by atoms with Crippen LogP contribution in [0.1, 0.15) is 21.5 Å². The third-order valence-electron chi connectivity index (χ3n) is 5.08. The van der Waals surface area contributed by atoms with Crippen molar-refractivity contribution in [2.24, 2.45) is 0 Å². The van der Waals surface area contributed by atoms with Gasteiger partial charge in [0.15, 0.2) is 0 Å². The van der Waals surface area contributed by atoms with Gasteiger partial charge in [-0.25, -0.2) is 4.79 Å². The van der Waals surface area contributed by atoms with Gasteiger partial charge in [-0.3, -0.25) is 14.2 Å². The van der Waals surface area contributed by atoms with Crippen LogP contribution in [0.4, 0.5) is 0 Å². The van der Waals surface area contributed by atoms with Gasteiger partial charge >= 0.3 is 5.69 Å². The fraction of sp³-hybridized carbons (Fsp3) is 0.125. The van der Waals surface area contributed by atoms with E-state index in [0.29, 0.717) is 28.8 Å². The van der Waals surface area contributed by atoms with Gasteiger partial charge in [0.2, 0.25) is 0 Å². The molecule has 1 amide bonds. The third-order valence-corrected chi connectivity index (χ3v) is 5.08. The van der Waals surface area contributed by atoms with Crippen molar-refractivity contribution in [2.45, 2.75) is 13.1 Å². The lowest BCUT2D eigenvalue weighted by Gasteiger charge is -2.10. The highest BCUT2D eigenvalue weighted by atomic mass is 16.5. The molecule has 7 heteroatoms. The van der Waals surface area contributed by atoms with Crippen molar-refractivity contribution in [3.05, 3.63) is 110 Å². The number of amides is 1. The minimum Gasteiger partial charge on any atom is -0.496 e. The number of hydrogen-bond acceptors (Lipinski definition) is 4. The first-order valence-electron chi connectivity index (χ1n) is 9.77. The van der Waals surface area contributed by atoms with Crippen molar-refractivity contribution < 1.29 is 9.53 Å². The molecule has 0 saturated heterocycles. The maximum absolute atomic E-state index is 12.7. The molecule has 0 radical (unpaired) electrons. The average Bonchev–Trinajstić information content (AvgIpc) is 2.80. The van der Waals surface area contributed by atoms with Crippen LogP contribution < -0.4 is 21.3 Å². The van der Waals surface area contributed by atoms with Gasteiger partial charge < -0.3 is 15.0 Å². The second-order valence-electron chi connectivity index (χ2n) is 7.06. The summed E-state index contributed by atoms with van der Waals surface area (Å²) in [5, 5.41) is 3.32.